The van der Waals surface area contributed by atoms with Crippen molar-refractivity contribution in [2.75, 3.05) is 6.61 Å². The molecule has 112 valence electrons. The summed E-state index contributed by atoms with van der Waals surface area (Å²) in [5.41, 5.74) is 0.234. The molecular weight excluding hydrogens is 295 g/mol. The van der Waals surface area contributed by atoms with Gasteiger partial charge in [0.2, 0.25) is 0 Å². The van der Waals surface area contributed by atoms with Gasteiger partial charge in [-0.25, -0.2) is 4.39 Å². The Kier molecular flexibility index (Phi) is 4.47. The molecule has 0 aromatic heterocycles. The van der Waals surface area contributed by atoms with E-state index in [0.29, 0.717) is 12.4 Å². The highest BCUT2D eigenvalue weighted by atomic mass is 32.2. The number of ether oxygens (including phenoxy) is 1. The van der Waals surface area contributed by atoms with E-state index < -0.39 is 15.9 Å². The van der Waals surface area contributed by atoms with E-state index in [-0.39, 0.29) is 16.2 Å². The van der Waals surface area contributed by atoms with E-state index in [1.54, 1.807) is 25.1 Å². The van der Waals surface area contributed by atoms with Crippen molar-refractivity contribution >= 4 is 10.1 Å². The van der Waals surface area contributed by atoms with Gasteiger partial charge in [-0.3, -0.25) is 0 Å². The van der Waals surface area contributed by atoms with E-state index in [0.717, 1.165) is 6.07 Å². The Morgan fingerprint density at radius 1 is 1.10 bits per heavy atom. The molecule has 0 saturated heterocycles. The normalized spacial score (nSPS) is 11.2. The van der Waals surface area contributed by atoms with E-state index in [1.165, 1.54) is 25.1 Å². The fourth-order valence-corrected chi connectivity index (χ4v) is 2.76. The smallest absolute Gasteiger partial charge is 0.339 e. The Labute approximate surface area is 123 Å². The van der Waals surface area contributed by atoms with Crippen molar-refractivity contribution in [3.63, 3.8) is 0 Å². The molecule has 0 N–H and O–H groups in total. The molecule has 21 heavy (non-hydrogen) atoms. The minimum atomic E-state index is -4.04. The Bertz CT molecular complexity index is 741. The second-order valence-electron chi connectivity index (χ2n) is 4.33. The van der Waals surface area contributed by atoms with Crippen LogP contribution in [0.1, 0.15) is 12.5 Å². The standard InChI is InChI=1S/C15H15FO4S/c1-3-19-14-6-4-5-7-15(14)20-21(17,18)12-8-9-13(16)11(2)10-12/h4-10H,3H2,1-2H3. The van der Waals surface area contributed by atoms with Gasteiger partial charge in [0.15, 0.2) is 11.5 Å². The van der Waals surface area contributed by atoms with Gasteiger partial charge in [-0.05, 0) is 49.7 Å². The zero-order chi connectivity index (χ0) is 15.5. The Morgan fingerprint density at radius 3 is 2.38 bits per heavy atom. The lowest BCUT2D eigenvalue weighted by atomic mass is 10.2. The number of aryl methyl sites for hydroxylation is 1. The number of benzene rings is 2. The summed E-state index contributed by atoms with van der Waals surface area (Å²) < 4.78 is 48.1. The van der Waals surface area contributed by atoms with E-state index >= 15 is 0 Å². The number of hydrogen-bond donors (Lipinski definition) is 0. The SMILES string of the molecule is CCOc1ccccc1OS(=O)(=O)c1ccc(F)c(C)c1. The van der Waals surface area contributed by atoms with Crippen molar-refractivity contribution in [2.24, 2.45) is 0 Å². The monoisotopic (exact) mass is 310 g/mol. The third-order valence-corrected chi connectivity index (χ3v) is 4.00. The van der Waals surface area contributed by atoms with Gasteiger partial charge >= 0.3 is 10.1 Å². The zero-order valence-corrected chi connectivity index (χ0v) is 12.5. The zero-order valence-electron chi connectivity index (χ0n) is 11.7. The molecule has 0 aliphatic heterocycles. The highest BCUT2D eigenvalue weighted by Gasteiger charge is 2.19. The van der Waals surface area contributed by atoms with Crippen LogP contribution in [0.4, 0.5) is 4.39 Å². The van der Waals surface area contributed by atoms with Crippen molar-refractivity contribution in [1.82, 2.24) is 0 Å². The van der Waals surface area contributed by atoms with Gasteiger partial charge in [-0.1, -0.05) is 12.1 Å². The van der Waals surface area contributed by atoms with Crippen LogP contribution >= 0.6 is 0 Å². The third kappa shape index (κ3) is 3.52. The fraction of sp³-hybridized carbons (Fsp3) is 0.200. The molecule has 2 aromatic rings. The lowest BCUT2D eigenvalue weighted by molar-refractivity contribution is 0.327. The number of rotatable bonds is 5. The van der Waals surface area contributed by atoms with Gasteiger partial charge in [0.05, 0.1) is 6.61 Å². The fourth-order valence-electron chi connectivity index (χ4n) is 1.73. The summed E-state index contributed by atoms with van der Waals surface area (Å²) in [5.74, 6) is -0.0348. The predicted octanol–water partition coefficient (Wildman–Crippen LogP) is 3.30. The van der Waals surface area contributed by atoms with Crippen LogP contribution in [0.25, 0.3) is 0 Å². The molecule has 0 heterocycles. The third-order valence-electron chi connectivity index (χ3n) is 2.77. The maximum atomic E-state index is 13.2. The number of para-hydroxylation sites is 2. The largest absolute Gasteiger partial charge is 0.490 e. The quantitative estimate of drug-likeness (QED) is 0.795. The van der Waals surface area contributed by atoms with E-state index in [9.17, 15) is 12.8 Å². The molecule has 0 amide bonds. The van der Waals surface area contributed by atoms with Crippen LogP contribution in [0, 0.1) is 12.7 Å². The maximum Gasteiger partial charge on any atom is 0.339 e. The minimum absolute atomic E-state index is 0.0985. The van der Waals surface area contributed by atoms with Crippen molar-refractivity contribution in [3.8, 4) is 11.5 Å². The molecule has 0 unspecified atom stereocenters. The van der Waals surface area contributed by atoms with Crippen LogP contribution < -0.4 is 8.92 Å². The maximum absolute atomic E-state index is 13.2. The van der Waals surface area contributed by atoms with Gasteiger partial charge in [-0.2, -0.15) is 8.42 Å². The van der Waals surface area contributed by atoms with Crippen molar-refractivity contribution in [1.29, 1.82) is 0 Å². The summed E-state index contributed by atoms with van der Waals surface area (Å²) in [7, 11) is -4.04. The van der Waals surface area contributed by atoms with Crippen molar-refractivity contribution in [2.45, 2.75) is 18.7 Å². The van der Waals surface area contributed by atoms with Gasteiger partial charge in [0.25, 0.3) is 0 Å². The van der Waals surface area contributed by atoms with Gasteiger partial charge in [-0.15, -0.1) is 0 Å². The molecule has 0 aliphatic carbocycles. The summed E-state index contributed by atoms with van der Waals surface area (Å²) in [6, 6.07) is 9.97. The van der Waals surface area contributed by atoms with Crippen LogP contribution in [-0.4, -0.2) is 15.0 Å². The molecule has 0 spiro atoms. The van der Waals surface area contributed by atoms with Crippen LogP contribution in [0.15, 0.2) is 47.4 Å². The summed E-state index contributed by atoms with van der Waals surface area (Å²) in [6.45, 7) is 3.66. The minimum Gasteiger partial charge on any atom is -0.490 e. The molecule has 0 radical (unpaired) electrons. The number of halogens is 1. The number of hydrogen-bond acceptors (Lipinski definition) is 4. The van der Waals surface area contributed by atoms with E-state index in [2.05, 4.69) is 0 Å². The van der Waals surface area contributed by atoms with Crippen molar-refractivity contribution < 1.29 is 21.7 Å². The van der Waals surface area contributed by atoms with Crippen LogP contribution in [0.2, 0.25) is 0 Å². The average Bonchev–Trinajstić information content (AvgIpc) is 2.44. The highest BCUT2D eigenvalue weighted by molar-refractivity contribution is 7.87. The molecule has 0 atom stereocenters. The topological polar surface area (TPSA) is 52.6 Å². The van der Waals surface area contributed by atoms with Gasteiger partial charge in [0.1, 0.15) is 10.7 Å². The van der Waals surface area contributed by atoms with Gasteiger partial charge < -0.3 is 8.92 Å². The molecule has 0 aliphatic rings. The Morgan fingerprint density at radius 2 is 1.76 bits per heavy atom. The molecule has 0 saturated carbocycles. The van der Waals surface area contributed by atoms with Gasteiger partial charge in [0, 0.05) is 0 Å². The second-order valence-corrected chi connectivity index (χ2v) is 5.87. The van der Waals surface area contributed by atoms with Crippen LogP contribution in [0.3, 0.4) is 0 Å². The lowest BCUT2D eigenvalue weighted by Gasteiger charge is -2.11. The van der Waals surface area contributed by atoms with E-state index in [4.69, 9.17) is 8.92 Å². The first kappa shape index (κ1) is 15.3. The van der Waals surface area contributed by atoms with E-state index in [1.807, 2.05) is 0 Å². The van der Waals surface area contributed by atoms with Crippen LogP contribution in [-0.2, 0) is 10.1 Å². The predicted molar refractivity (Wildman–Crippen MR) is 76.6 cm³/mol. The molecule has 4 nitrogen and oxygen atoms in total. The molecule has 0 bridgehead atoms. The second kappa shape index (κ2) is 6.13. The Balaban J connectivity index is 2.35. The lowest BCUT2D eigenvalue weighted by Crippen LogP contribution is -2.11. The summed E-state index contributed by atoms with van der Waals surface area (Å²) in [6.07, 6.45) is 0. The highest BCUT2D eigenvalue weighted by Crippen LogP contribution is 2.29. The summed E-state index contributed by atoms with van der Waals surface area (Å²) in [4.78, 5) is -0.104. The molecule has 2 rings (SSSR count). The summed E-state index contributed by atoms with van der Waals surface area (Å²) in [5, 5.41) is 0. The van der Waals surface area contributed by atoms with Crippen molar-refractivity contribution in [3.05, 3.63) is 53.8 Å². The Hall–Kier alpha value is -2.08. The molecule has 0 fully saturated rings. The molecule has 6 heteroatoms. The average molecular weight is 310 g/mol. The summed E-state index contributed by atoms with van der Waals surface area (Å²) >= 11 is 0. The first-order valence-electron chi connectivity index (χ1n) is 6.36. The van der Waals surface area contributed by atoms with Crippen LogP contribution in [0.5, 0.6) is 11.5 Å². The first-order valence-corrected chi connectivity index (χ1v) is 7.77. The molecule has 2 aromatic carbocycles. The molecular formula is C15H15FO4S. The first-order chi connectivity index (χ1) is 9.94.